The Balaban J connectivity index is 2.96. The fraction of sp³-hybridized carbons (Fsp3) is 0.250. The lowest BCUT2D eigenvalue weighted by Gasteiger charge is -2.03. The molecule has 60 valence electrons. The third-order valence-corrected chi connectivity index (χ3v) is 1.95. The molecule has 0 aliphatic carbocycles. The van der Waals surface area contributed by atoms with E-state index in [-0.39, 0.29) is 6.61 Å². The molecule has 0 aliphatic rings. The van der Waals surface area contributed by atoms with Crippen LogP contribution in [0.15, 0.2) is 18.2 Å². The van der Waals surface area contributed by atoms with E-state index in [4.69, 9.17) is 22.4 Å². The summed E-state index contributed by atoms with van der Waals surface area (Å²) in [5, 5.41) is 9.19. The van der Waals surface area contributed by atoms with Gasteiger partial charge in [-0.25, -0.2) is 0 Å². The molecule has 0 saturated heterocycles. The van der Waals surface area contributed by atoms with Gasteiger partial charge in [-0.1, -0.05) is 23.7 Å². The first-order valence-corrected chi connectivity index (χ1v) is 3.77. The van der Waals surface area contributed by atoms with Crippen molar-refractivity contribution in [2.75, 3.05) is 12.3 Å². The van der Waals surface area contributed by atoms with E-state index < -0.39 is 0 Å². The summed E-state index contributed by atoms with van der Waals surface area (Å²) in [5.41, 5.74) is 7.00. The molecule has 0 heterocycles. The van der Waals surface area contributed by atoms with Crippen molar-refractivity contribution in [3.05, 3.63) is 28.8 Å². The molecule has 0 aromatic heterocycles. The third kappa shape index (κ3) is 1.85. The molecular formula is C8H10ClNO. The fourth-order valence-electron chi connectivity index (χ4n) is 0.913. The highest BCUT2D eigenvalue weighted by Crippen LogP contribution is 2.22. The largest absolute Gasteiger partial charge is 0.398 e. The normalized spacial score (nSPS) is 10.0. The predicted octanol–water partition coefficient (Wildman–Crippen LogP) is 1.46. The average molecular weight is 172 g/mol. The molecule has 0 atom stereocenters. The van der Waals surface area contributed by atoms with Crippen molar-refractivity contribution in [2.45, 2.75) is 6.42 Å². The number of aliphatic hydroxyl groups is 1. The predicted molar refractivity (Wildman–Crippen MR) is 46.7 cm³/mol. The van der Waals surface area contributed by atoms with Gasteiger partial charge in [-0.2, -0.15) is 0 Å². The third-order valence-electron chi connectivity index (χ3n) is 1.49. The van der Waals surface area contributed by atoms with E-state index in [2.05, 4.69) is 0 Å². The number of nitrogen functional groups attached to an aromatic ring is 1. The Kier molecular flexibility index (Phi) is 2.74. The van der Waals surface area contributed by atoms with Crippen LogP contribution in [0.25, 0.3) is 0 Å². The molecule has 3 heteroatoms. The van der Waals surface area contributed by atoms with Crippen LogP contribution in [0.2, 0.25) is 5.02 Å². The maximum Gasteiger partial charge on any atom is 0.0668 e. The Morgan fingerprint density at radius 3 is 2.82 bits per heavy atom. The summed E-state index contributed by atoms with van der Waals surface area (Å²) in [7, 11) is 0. The van der Waals surface area contributed by atoms with Crippen molar-refractivity contribution in [1.82, 2.24) is 0 Å². The van der Waals surface area contributed by atoms with Gasteiger partial charge >= 0.3 is 0 Å². The number of aliphatic hydroxyl groups excluding tert-OH is 1. The molecule has 3 N–H and O–H groups in total. The van der Waals surface area contributed by atoms with Crippen molar-refractivity contribution in [3.63, 3.8) is 0 Å². The van der Waals surface area contributed by atoms with Crippen LogP contribution in [0.4, 0.5) is 5.69 Å². The molecule has 0 unspecified atom stereocenters. The summed E-state index contributed by atoms with van der Waals surface area (Å²) >= 11 is 5.84. The number of hydrogen-bond acceptors (Lipinski definition) is 2. The summed E-state index contributed by atoms with van der Waals surface area (Å²) in [6.45, 7) is 0.100. The molecule has 0 fully saturated rings. The quantitative estimate of drug-likeness (QED) is 0.662. The zero-order valence-corrected chi connectivity index (χ0v) is 6.80. The van der Waals surface area contributed by atoms with Crippen LogP contribution < -0.4 is 5.73 Å². The molecule has 1 aromatic rings. The first kappa shape index (κ1) is 8.37. The summed E-state index contributed by atoms with van der Waals surface area (Å²) in [4.78, 5) is 0. The molecule has 0 bridgehead atoms. The van der Waals surface area contributed by atoms with Crippen LogP contribution in [-0.2, 0) is 6.42 Å². The molecule has 1 aromatic carbocycles. The van der Waals surface area contributed by atoms with Gasteiger partial charge in [0.05, 0.1) is 10.7 Å². The summed E-state index contributed by atoms with van der Waals surface area (Å²) in [5.74, 6) is 0. The lowest BCUT2D eigenvalue weighted by atomic mass is 10.1. The van der Waals surface area contributed by atoms with Crippen LogP contribution in [-0.4, -0.2) is 11.7 Å². The molecule has 1 rings (SSSR count). The zero-order valence-electron chi connectivity index (χ0n) is 6.05. The van der Waals surface area contributed by atoms with E-state index in [1.54, 1.807) is 6.07 Å². The van der Waals surface area contributed by atoms with Gasteiger partial charge in [-0.15, -0.1) is 0 Å². The van der Waals surface area contributed by atoms with Crippen molar-refractivity contribution in [2.24, 2.45) is 0 Å². The molecular weight excluding hydrogens is 162 g/mol. The minimum Gasteiger partial charge on any atom is -0.398 e. The van der Waals surface area contributed by atoms with Crippen LogP contribution in [0.1, 0.15) is 5.56 Å². The van der Waals surface area contributed by atoms with Crippen LogP contribution in [0, 0.1) is 0 Å². The maximum atomic E-state index is 8.64. The highest BCUT2D eigenvalue weighted by molar-refractivity contribution is 6.33. The molecule has 0 radical (unpaired) electrons. The molecule has 0 aliphatic heterocycles. The summed E-state index contributed by atoms with van der Waals surface area (Å²) in [6, 6.07) is 5.42. The number of hydrogen-bond donors (Lipinski definition) is 2. The highest BCUT2D eigenvalue weighted by atomic mass is 35.5. The first-order chi connectivity index (χ1) is 5.25. The van der Waals surface area contributed by atoms with Crippen molar-refractivity contribution in [3.8, 4) is 0 Å². The topological polar surface area (TPSA) is 46.2 Å². The second-order valence-electron chi connectivity index (χ2n) is 2.29. The van der Waals surface area contributed by atoms with Crippen molar-refractivity contribution < 1.29 is 5.11 Å². The monoisotopic (exact) mass is 171 g/mol. The summed E-state index contributed by atoms with van der Waals surface area (Å²) in [6.07, 6.45) is 0.559. The maximum absolute atomic E-state index is 8.64. The Labute approximate surface area is 70.6 Å². The minimum absolute atomic E-state index is 0.100. The standard InChI is InChI=1S/C8H10ClNO/c9-8-6(4-5-11)2-1-3-7(8)10/h1-3,11H,4-5,10H2. The number of benzene rings is 1. The molecule has 0 amide bonds. The molecule has 0 saturated carbocycles. The van der Waals surface area contributed by atoms with E-state index in [0.29, 0.717) is 17.1 Å². The Hall–Kier alpha value is -0.730. The fourth-order valence-corrected chi connectivity index (χ4v) is 1.13. The van der Waals surface area contributed by atoms with Crippen LogP contribution in [0.3, 0.4) is 0 Å². The van der Waals surface area contributed by atoms with Crippen LogP contribution >= 0.6 is 11.6 Å². The van der Waals surface area contributed by atoms with E-state index in [1.165, 1.54) is 0 Å². The van der Waals surface area contributed by atoms with Gasteiger partial charge in [0.25, 0.3) is 0 Å². The molecule has 11 heavy (non-hydrogen) atoms. The van der Waals surface area contributed by atoms with Gasteiger partial charge in [0.1, 0.15) is 0 Å². The lowest BCUT2D eigenvalue weighted by molar-refractivity contribution is 0.299. The second kappa shape index (κ2) is 3.60. The van der Waals surface area contributed by atoms with E-state index in [0.717, 1.165) is 5.56 Å². The summed E-state index contributed by atoms with van der Waals surface area (Å²) < 4.78 is 0. The van der Waals surface area contributed by atoms with Gasteiger partial charge in [-0.3, -0.25) is 0 Å². The number of nitrogens with two attached hydrogens (primary N) is 1. The van der Waals surface area contributed by atoms with Gasteiger partial charge < -0.3 is 10.8 Å². The number of halogens is 1. The van der Waals surface area contributed by atoms with Crippen molar-refractivity contribution in [1.29, 1.82) is 0 Å². The average Bonchev–Trinajstić information content (AvgIpc) is 1.99. The Bertz CT molecular complexity index is 250. The minimum atomic E-state index is 0.100. The van der Waals surface area contributed by atoms with Crippen molar-refractivity contribution >= 4 is 17.3 Å². The van der Waals surface area contributed by atoms with E-state index >= 15 is 0 Å². The first-order valence-electron chi connectivity index (χ1n) is 3.39. The van der Waals surface area contributed by atoms with Crippen LogP contribution in [0.5, 0.6) is 0 Å². The van der Waals surface area contributed by atoms with E-state index in [9.17, 15) is 0 Å². The second-order valence-corrected chi connectivity index (χ2v) is 2.67. The molecule has 0 spiro atoms. The SMILES string of the molecule is Nc1cccc(CCO)c1Cl. The van der Waals surface area contributed by atoms with E-state index in [1.807, 2.05) is 12.1 Å². The zero-order chi connectivity index (χ0) is 8.27. The van der Waals surface area contributed by atoms with Gasteiger partial charge in [-0.05, 0) is 18.1 Å². The smallest absolute Gasteiger partial charge is 0.0668 e. The van der Waals surface area contributed by atoms with Gasteiger partial charge in [0.15, 0.2) is 0 Å². The number of rotatable bonds is 2. The Morgan fingerprint density at radius 2 is 2.18 bits per heavy atom. The molecule has 2 nitrogen and oxygen atoms in total. The van der Waals surface area contributed by atoms with Gasteiger partial charge in [0, 0.05) is 6.61 Å². The Morgan fingerprint density at radius 1 is 1.45 bits per heavy atom. The number of anilines is 1. The lowest BCUT2D eigenvalue weighted by Crippen LogP contribution is -1.94. The van der Waals surface area contributed by atoms with Gasteiger partial charge in [0.2, 0.25) is 0 Å². The highest BCUT2D eigenvalue weighted by Gasteiger charge is 2.01.